The standard InChI is InChI=1S/C12H16N6O2/c1-7(2)11-15-5-8(13)10(18-11)12(19)14-4-3-9-16-6-17-20-9/h5-7H,3-4,13H2,1-2H3,(H,14,19). The Morgan fingerprint density at radius 2 is 2.25 bits per heavy atom. The van der Waals surface area contributed by atoms with Crippen LogP contribution in [-0.2, 0) is 6.42 Å². The average Bonchev–Trinajstić information content (AvgIpc) is 2.92. The predicted molar refractivity (Wildman–Crippen MR) is 70.9 cm³/mol. The van der Waals surface area contributed by atoms with Gasteiger partial charge in [-0.1, -0.05) is 19.0 Å². The van der Waals surface area contributed by atoms with Gasteiger partial charge in [0.25, 0.3) is 5.91 Å². The molecule has 2 heterocycles. The Balaban J connectivity index is 1.99. The van der Waals surface area contributed by atoms with Crippen LogP contribution in [0.25, 0.3) is 0 Å². The van der Waals surface area contributed by atoms with Crippen molar-refractivity contribution in [3.8, 4) is 0 Å². The minimum Gasteiger partial charge on any atom is -0.396 e. The number of hydrogen-bond donors (Lipinski definition) is 2. The first kappa shape index (κ1) is 13.9. The van der Waals surface area contributed by atoms with Gasteiger partial charge in [-0.05, 0) is 0 Å². The van der Waals surface area contributed by atoms with E-state index in [1.807, 2.05) is 13.8 Å². The van der Waals surface area contributed by atoms with Gasteiger partial charge in [-0.2, -0.15) is 4.98 Å². The number of nitrogens with two attached hydrogens (primary N) is 1. The maximum atomic E-state index is 12.0. The predicted octanol–water partition coefficient (Wildman–Crippen LogP) is 0.538. The van der Waals surface area contributed by atoms with Gasteiger partial charge < -0.3 is 15.6 Å². The Bertz CT molecular complexity index is 582. The van der Waals surface area contributed by atoms with Crippen LogP contribution in [0.3, 0.4) is 0 Å². The first-order valence-corrected chi connectivity index (χ1v) is 6.24. The molecule has 2 aromatic rings. The van der Waals surface area contributed by atoms with E-state index < -0.39 is 0 Å². The van der Waals surface area contributed by atoms with Gasteiger partial charge >= 0.3 is 0 Å². The molecule has 2 aromatic heterocycles. The van der Waals surface area contributed by atoms with Crippen LogP contribution in [0.2, 0.25) is 0 Å². The second-order valence-electron chi connectivity index (χ2n) is 4.53. The third-order valence-electron chi connectivity index (χ3n) is 2.60. The van der Waals surface area contributed by atoms with Crippen LogP contribution in [0.4, 0.5) is 5.69 Å². The fraction of sp³-hybridized carbons (Fsp3) is 0.417. The molecule has 106 valence electrons. The number of carbonyl (C=O) groups excluding carboxylic acids is 1. The molecule has 0 spiro atoms. The molecule has 0 aromatic carbocycles. The zero-order chi connectivity index (χ0) is 14.5. The highest BCUT2D eigenvalue weighted by Gasteiger charge is 2.14. The fourth-order valence-electron chi connectivity index (χ4n) is 1.54. The van der Waals surface area contributed by atoms with Gasteiger partial charge in [0.1, 0.15) is 5.82 Å². The molecular weight excluding hydrogens is 260 g/mol. The summed E-state index contributed by atoms with van der Waals surface area (Å²) in [5, 5.41) is 6.19. The van der Waals surface area contributed by atoms with Crippen LogP contribution in [0.5, 0.6) is 0 Å². The highest BCUT2D eigenvalue weighted by atomic mass is 16.5. The topological polar surface area (TPSA) is 120 Å². The number of amides is 1. The lowest BCUT2D eigenvalue weighted by Crippen LogP contribution is -2.28. The van der Waals surface area contributed by atoms with Crippen molar-refractivity contribution in [1.29, 1.82) is 0 Å². The van der Waals surface area contributed by atoms with Crippen molar-refractivity contribution < 1.29 is 9.32 Å². The summed E-state index contributed by atoms with van der Waals surface area (Å²) in [6.45, 7) is 4.26. The molecule has 0 bridgehead atoms. The van der Waals surface area contributed by atoms with Crippen LogP contribution < -0.4 is 11.1 Å². The molecule has 8 heteroatoms. The van der Waals surface area contributed by atoms with E-state index >= 15 is 0 Å². The van der Waals surface area contributed by atoms with E-state index in [9.17, 15) is 4.79 Å². The Morgan fingerprint density at radius 3 is 2.90 bits per heavy atom. The van der Waals surface area contributed by atoms with Crippen LogP contribution in [-0.4, -0.2) is 32.6 Å². The third-order valence-corrected chi connectivity index (χ3v) is 2.60. The van der Waals surface area contributed by atoms with Crippen molar-refractivity contribution >= 4 is 11.6 Å². The Kier molecular flexibility index (Phi) is 4.24. The van der Waals surface area contributed by atoms with Crippen molar-refractivity contribution in [2.75, 3.05) is 12.3 Å². The lowest BCUT2D eigenvalue weighted by Gasteiger charge is -2.09. The molecule has 2 rings (SSSR count). The van der Waals surface area contributed by atoms with Crippen molar-refractivity contribution in [2.24, 2.45) is 0 Å². The summed E-state index contributed by atoms with van der Waals surface area (Å²) < 4.78 is 4.83. The van der Waals surface area contributed by atoms with Gasteiger partial charge in [-0.15, -0.1) is 0 Å². The monoisotopic (exact) mass is 276 g/mol. The van der Waals surface area contributed by atoms with Crippen LogP contribution in [0.1, 0.15) is 42.0 Å². The normalized spacial score (nSPS) is 10.8. The number of aromatic nitrogens is 4. The van der Waals surface area contributed by atoms with Crippen molar-refractivity contribution in [1.82, 2.24) is 25.4 Å². The van der Waals surface area contributed by atoms with E-state index in [1.54, 1.807) is 0 Å². The van der Waals surface area contributed by atoms with E-state index in [-0.39, 0.29) is 23.2 Å². The number of nitrogen functional groups attached to an aromatic ring is 1. The highest BCUT2D eigenvalue weighted by Crippen LogP contribution is 2.13. The summed E-state index contributed by atoms with van der Waals surface area (Å²) in [6.07, 6.45) is 3.22. The molecule has 0 saturated heterocycles. The summed E-state index contributed by atoms with van der Waals surface area (Å²) >= 11 is 0. The number of nitrogens with one attached hydrogen (secondary N) is 1. The number of rotatable bonds is 5. The Hall–Kier alpha value is -2.51. The van der Waals surface area contributed by atoms with Gasteiger partial charge in [-0.3, -0.25) is 4.79 Å². The quantitative estimate of drug-likeness (QED) is 0.817. The van der Waals surface area contributed by atoms with Crippen molar-refractivity contribution in [3.63, 3.8) is 0 Å². The summed E-state index contributed by atoms with van der Waals surface area (Å²) in [5.41, 5.74) is 6.17. The molecule has 1 amide bonds. The summed E-state index contributed by atoms with van der Waals surface area (Å²) in [6, 6.07) is 0. The highest BCUT2D eigenvalue weighted by molar-refractivity contribution is 5.96. The van der Waals surface area contributed by atoms with Crippen molar-refractivity contribution in [3.05, 3.63) is 29.9 Å². The Morgan fingerprint density at radius 1 is 1.45 bits per heavy atom. The first-order valence-electron chi connectivity index (χ1n) is 6.24. The van der Waals surface area contributed by atoms with E-state index in [1.165, 1.54) is 12.5 Å². The number of carbonyl (C=O) groups is 1. The number of nitrogens with zero attached hydrogens (tertiary/aromatic N) is 4. The largest absolute Gasteiger partial charge is 0.396 e. The number of hydrogen-bond acceptors (Lipinski definition) is 7. The molecule has 0 saturated carbocycles. The van der Waals surface area contributed by atoms with Crippen molar-refractivity contribution in [2.45, 2.75) is 26.2 Å². The second-order valence-corrected chi connectivity index (χ2v) is 4.53. The molecule has 3 N–H and O–H groups in total. The SMILES string of the molecule is CC(C)c1ncc(N)c(C(=O)NCCc2ncno2)n1. The van der Waals surface area contributed by atoms with E-state index in [0.29, 0.717) is 24.7 Å². The average molecular weight is 276 g/mol. The molecule has 20 heavy (non-hydrogen) atoms. The molecule has 0 atom stereocenters. The minimum absolute atomic E-state index is 0.126. The molecule has 0 aliphatic rings. The van der Waals surface area contributed by atoms with Gasteiger partial charge in [0.05, 0.1) is 11.9 Å². The zero-order valence-electron chi connectivity index (χ0n) is 11.3. The fourth-order valence-corrected chi connectivity index (χ4v) is 1.54. The van der Waals surface area contributed by atoms with E-state index in [2.05, 4.69) is 25.4 Å². The van der Waals surface area contributed by atoms with Gasteiger partial charge in [-0.25, -0.2) is 9.97 Å². The van der Waals surface area contributed by atoms with E-state index in [0.717, 1.165) is 0 Å². The first-order chi connectivity index (χ1) is 9.58. The third kappa shape index (κ3) is 3.28. The minimum atomic E-state index is -0.341. The molecular formula is C12H16N6O2. The smallest absolute Gasteiger partial charge is 0.272 e. The van der Waals surface area contributed by atoms with Crippen LogP contribution in [0.15, 0.2) is 17.0 Å². The second kappa shape index (κ2) is 6.09. The maximum Gasteiger partial charge on any atom is 0.272 e. The molecule has 8 nitrogen and oxygen atoms in total. The Labute approximate surface area is 115 Å². The maximum absolute atomic E-state index is 12.0. The summed E-state index contributed by atoms with van der Waals surface area (Å²) in [7, 11) is 0. The van der Waals surface area contributed by atoms with E-state index in [4.69, 9.17) is 10.3 Å². The zero-order valence-corrected chi connectivity index (χ0v) is 11.3. The number of anilines is 1. The van der Waals surface area contributed by atoms with Gasteiger partial charge in [0, 0.05) is 18.9 Å². The van der Waals surface area contributed by atoms with Gasteiger partial charge in [0.2, 0.25) is 5.89 Å². The molecule has 0 aliphatic heterocycles. The summed E-state index contributed by atoms with van der Waals surface area (Å²) in [4.78, 5) is 24.2. The van der Waals surface area contributed by atoms with Crippen LogP contribution >= 0.6 is 0 Å². The molecule has 0 fully saturated rings. The van der Waals surface area contributed by atoms with Crippen LogP contribution in [0, 0.1) is 0 Å². The molecule has 0 radical (unpaired) electrons. The lowest BCUT2D eigenvalue weighted by molar-refractivity contribution is 0.0949. The lowest BCUT2D eigenvalue weighted by atomic mass is 10.2. The molecule has 0 aliphatic carbocycles. The van der Waals surface area contributed by atoms with Gasteiger partial charge in [0.15, 0.2) is 12.0 Å². The summed E-state index contributed by atoms with van der Waals surface area (Å²) in [5.74, 6) is 0.830. The molecule has 0 unspecified atom stereocenters.